The molecule has 0 radical (unpaired) electrons. The van der Waals surface area contributed by atoms with Gasteiger partial charge in [-0.2, -0.15) is 5.10 Å². The molecule has 0 saturated carbocycles. The van der Waals surface area contributed by atoms with Crippen LogP contribution in [0, 0.1) is 4.77 Å². The predicted molar refractivity (Wildman–Crippen MR) is 89.1 cm³/mol. The van der Waals surface area contributed by atoms with Crippen molar-refractivity contribution in [2.75, 3.05) is 6.79 Å². The van der Waals surface area contributed by atoms with E-state index in [2.05, 4.69) is 15.2 Å². The number of rotatable bonds is 2. The molecule has 4 aromatic rings. The predicted octanol–water partition coefficient (Wildman–Crippen LogP) is 2.97. The van der Waals surface area contributed by atoms with E-state index in [0.717, 1.165) is 22.8 Å². The molecular weight excluding hydrogens is 326 g/mol. The van der Waals surface area contributed by atoms with Gasteiger partial charge in [-0.05, 0) is 36.5 Å². The number of H-pyrrole nitrogens is 1. The molecule has 1 N–H and O–H groups in total. The second-order valence-corrected chi connectivity index (χ2v) is 5.70. The van der Waals surface area contributed by atoms with Crippen molar-refractivity contribution in [2.45, 2.75) is 0 Å². The molecule has 0 aliphatic carbocycles. The van der Waals surface area contributed by atoms with Gasteiger partial charge in [0.2, 0.25) is 6.79 Å². The summed E-state index contributed by atoms with van der Waals surface area (Å²) < 4.78 is 15.1. The standard InChI is InChI=1S/C16H11N5O2S/c24-16-19-18-15(11-8-20-6-2-1-3-14(20)17-11)21(16)10-4-5-12-13(7-10)23-9-22-12/h1-8H,9H2,(H,19,24). The molecule has 7 nitrogen and oxygen atoms in total. The number of fused-ring (bicyclic) bond motifs is 2. The molecule has 0 spiro atoms. The van der Waals surface area contributed by atoms with Gasteiger partial charge in [0.15, 0.2) is 22.1 Å². The second-order valence-electron chi connectivity index (χ2n) is 5.32. The largest absolute Gasteiger partial charge is 0.454 e. The monoisotopic (exact) mass is 337 g/mol. The number of hydrogen-bond acceptors (Lipinski definition) is 5. The maximum atomic E-state index is 5.45. The van der Waals surface area contributed by atoms with Crippen molar-refractivity contribution in [2.24, 2.45) is 0 Å². The zero-order valence-electron chi connectivity index (χ0n) is 12.3. The number of pyridine rings is 1. The van der Waals surface area contributed by atoms with Crippen molar-refractivity contribution in [3.05, 3.63) is 53.6 Å². The molecule has 5 rings (SSSR count). The van der Waals surface area contributed by atoms with Crippen LogP contribution in [0.5, 0.6) is 11.5 Å². The summed E-state index contributed by atoms with van der Waals surface area (Å²) >= 11 is 5.40. The van der Waals surface area contributed by atoms with Crippen LogP contribution in [0.15, 0.2) is 48.8 Å². The lowest BCUT2D eigenvalue weighted by atomic mass is 10.2. The fourth-order valence-electron chi connectivity index (χ4n) is 2.78. The highest BCUT2D eigenvalue weighted by molar-refractivity contribution is 7.71. The van der Waals surface area contributed by atoms with Gasteiger partial charge in [-0.1, -0.05) is 6.07 Å². The molecule has 3 aromatic heterocycles. The van der Waals surface area contributed by atoms with Crippen molar-refractivity contribution in [1.29, 1.82) is 0 Å². The third kappa shape index (κ3) is 1.93. The molecule has 0 fully saturated rings. The van der Waals surface area contributed by atoms with Gasteiger partial charge in [0.1, 0.15) is 11.3 Å². The number of aromatic nitrogens is 5. The van der Waals surface area contributed by atoms with Crippen LogP contribution in [0.1, 0.15) is 0 Å². The summed E-state index contributed by atoms with van der Waals surface area (Å²) in [6.45, 7) is 0.231. The van der Waals surface area contributed by atoms with Crippen molar-refractivity contribution in [3.8, 4) is 28.7 Å². The first-order valence-electron chi connectivity index (χ1n) is 7.31. The van der Waals surface area contributed by atoms with E-state index in [-0.39, 0.29) is 6.79 Å². The maximum Gasteiger partial charge on any atom is 0.231 e. The van der Waals surface area contributed by atoms with Crippen LogP contribution >= 0.6 is 12.2 Å². The number of aromatic amines is 1. The molecule has 118 valence electrons. The number of nitrogens with one attached hydrogen (secondary N) is 1. The molecule has 4 heterocycles. The summed E-state index contributed by atoms with van der Waals surface area (Å²) in [5.41, 5.74) is 2.41. The van der Waals surface area contributed by atoms with Crippen molar-refractivity contribution >= 4 is 17.9 Å². The highest BCUT2D eigenvalue weighted by Gasteiger charge is 2.18. The lowest BCUT2D eigenvalue weighted by Gasteiger charge is -2.06. The quantitative estimate of drug-likeness (QED) is 0.570. The van der Waals surface area contributed by atoms with E-state index in [1.807, 2.05) is 57.8 Å². The van der Waals surface area contributed by atoms with Crippen molar-refractivity contribution in [3.63, 3.8) is 0 Å². The smallest absolute Gasteiger partial charge is 0.231 e. The Balaban J connectivity index is 1.70. The summed E-state index contributed by atoms with van der Waals surface area (Å²) in [4.78, 5) is 4.61. The fraction of sp³-hybridized carbons (Fsp3) is 0.0625. The van der Waals surface area contributed by atoms with E-state index in [0.29, 0.717) is 16.3 Å². The Bertz CT molecular complexity index is 1090. The minimum Gasteiger partial charge on any atom is -0.454 e. The number of imidazole rings is 1. The number of benzene rings is 1. The van der Waals surface area contributed by atoms with E-state index in [9.17, 15) is 0 Å². The average Bonchev–Trinajstić information content (AvgIpc) is 3.31. The molecule has 8 heteroatoms. The molecule has 1 aromatic carbocycles. The zero-order chi connectivity index (χ0) is 16.1. The van der Waals surface area contributed by atoms with Crippen LogP contribution in [-0.2, 0) is 0 Å². The third-order valence-electron chi connectivity index (χ3n) is 3.88. The Morgan fingerprint density at radius 2 is 2.04 bits per heavy atom. The summed E-state index contributed by atoms with van der Waals surface area (Å²) in [6.07, 6.45) is 3.86. The van der Waals surface area contributed by atoms with Gasteiger partial charge >= 0.3 is 0 Å². The van der Waals surface area contributed by atoms with Gasteiger partial charge in [-0.25, -0.2) is 4.98 Å². The SMILES string of the molecule is S=c1[nH]nc(-c2cn3ccccc3n2)n1-c1ccc2c(c1)OCO2. The molecule has 0 amide bonds. The Hall–Kier alpha value is -3.13. The lowest BCUT2D eigenvalue weighted by Crippen LogP contribution is -1.98. The summed E-state index contributed by atoms with van der Waals surface area (Å²) in [6, 6.07) is 11.5. The van der Waals surface area contributed by atoms with Gasteiger partial charge in [0.25, 0.3) is 0 Å². The first kappa shape index (κ1) is 13.3. The van der Waals surface area contributed by atoms with E-state index < -0.39 is 0 Å². The van der Waals surface area contributed by atoms with Crippen LogP contribution in [0.25, 0.3) is 22.9 Å². The van der Waals surface area contributed by atoms with Crippen LogP contribution in [0.2, 0.25) is 0 Å². The molecule has 0 unspecified atom stereocenters. The van der Waals surface area contributed by atoms with E-state index in [4.69, 9.17) is 21.7 Å². The third-order valence-corrected chi connectivity index (χ3v) is 4.15. The first-order valence-corrected chi connectivity index (χ1v) is 7.72. The molecule has 1 aliphatic heterocycles. The number of ether oxygens (including phenoxy) is 2. The fourth-order valence-corrected chi connectivity index (χ4v) is 3.01. The highest BCUT2D eigenvalue weighted by atomic mass is 32.1. The summed E-state index contributed by atoms with van der Waals surface area (Å²) in [5.74, 6) is 2.06. The molecule has 1 aliphatic rings. The topological polar surface area (TPSA) is 69.4 Å². The minimum atomic E-state index is 0.231. The van der Waals surface area contributed by atoms with Crippen LogP contribution in [-0.4, -0.2) is 30.9 Å². The normalized spacial score (nSPS) is 12.8. The van der Waals surface area contributed by atoms with Gasteiger partial charge < -0.3 is 13.9 Å². The number of hydrogen-bond donors (Lipinski definition) is 1. The Labute approximate surface area is 141 Å². The van der Waals surface area contributed by atoms with Crippen LogP contribution < -0.4 is 9.47 Å². The first-order chi connectivity index (χ1) is 11.8. The minimum absolute atomic E-state index is 0.231. The van der Waals surface area contributed by atoms with Gasteiger partial charge in [0.05, 0.1) is 5.69 Å². The molecule has 0 saturated heterocycles. The Kier molecular flexibility index (Phi) is 2.74. The summed E-state index contributed by atoms with van der Waals surface area (Å²) in [7, 11) is 0. The zero-order valence-corrected chi connectivity index (χ0v) is 13.2. The van der Waals surface area contributed by atoms with Gasteiger partial charge in [0, 0.05) is 18.5 Å². The van der Waals surface area contributed by atoms with Crippen molar-refractivity contribution in [1.82, 2.24) is 24.1 Å². The van der Waals surface area contributed by atoms with Crippen LogP contribution in [0.3, 0.4) is 0 Å². The van der Waals surface area contributed by atoms with E-state index >= 15 is 0 Å². The molecule has 0 atom stereocenters. The molecule has 24 heavy (non-hydrogen) atoms. The van der Waals surface area contributed by atoms with Gasteiger partial charge in [-0.3, -0.25) is 9.67 Å². The van der Waals surface area contributed by atoms with E-state index in [1.54, 1.807) is 0 Å². The molecular formula is C16H11N5O2S. The molecule has 0 bridgehead atoms. The maximum absolute atomic E-state index is 5.45. The lowest BCUT2D eigenvalue weighted by molar-refractivity contribution is 0.174. The van der Waals surface area contributed by atoms with Crippen LogP contribution in [0.4, 0.5) is 0 Å². The number of nitrogens with zero attached hydrogens (tertiary/aromatic N) is 4. The Morgan fingerprint density at radius 3 is 2.96 bits per heavy atom. The second kappa shape index (κ2) is 4.93. The Morgan fingerprint density at radius 1 is 1.12 bits per heavy atom. The van der Waals surface area contributed by atoms with E-state index in [1.165, 1.54) is 0 Å². The summed E-state index contributed by atoms with van der Waals surface area (Å²) in [5, 5.41) is 7.19. The highest BCUT2D eigenvalue weighted by Crippen LogP contribution is 2.34. The average molecular weight is 337 g/mol. The van der Waals surface area contributed by atoms with Gasteiger partial charge in [-0.15, -0.1) is 0 Å². The van der Waals surface area contributed by atoms with Crippen molar-refractivity contribution < 1.29 is 9.47 Å².